The Bertz CT molecular complexity index is 641. The predicted molar refractivity (Wildman–Crippen MR) is 72.2 cm³/mol. The molecule has 1 aromatic carbocycles. The molecule has 19 heavy (non-hydrogen) atoms. The fraction of sp³-hybridized carbons (Fsp3) is 0.143. The molecule has 0 amide bonds. The first kappa shape index (κ1) is 13.4. The van der Waals surface area contributed by atoms with Crippen molar-refractivity contribution in [2.24, 2.45) is 0 Å². The average molecular weight is 278 g/mol. The minimum atomic E-state index is -1.00. The van der Waals surface area contributed by atoms with Crippen LogP contribution in [-0.2, 0) is 0 Å². The number of nitrogens with zero attached hydrogens (tertiary/aromatic N) is 1. The summed E-state index contributed by atoms with van der Waals surface area (Å²) in [6.45, 7) is 3.50. The number of aryl methyl sites for hydroxylation is 2. The van der Waals surface area contributed by atoms with Gasteiger partial charge >= 0.3 is 5.97 Å². The monoisotopic (exact) mass is 277 g/mol. The second-order valence-corrected chi connectivity index (χ2v) is 4.54. The van der Waals surface area contributed by atoms with Crippen molar-refractivity contribution in [1.29, 1.82) is 0 Å². The van der Waals surface area contributed by atoms with E-state index in [0.29, 0.717) is 22.3 Å². The zero-order chi connectivity index (χ0) is 14.0. The van der Waals surface area contributed by atoms with E-state index in [1.165, 1.54) is 12.1 Å². The van der Waals surface area contributed by atoms with E-state index in [2.05, 4.69) is 4.98 Å². The smallest absolute Gasteiger partial charge is 0.337 e. The largest absolute Gasteiger partial charge is 0.478 e. The standard InChI is InChI=1S/C14H12ClNO3/c1-8-7-10(15)3-5-12(8)19-13-6-4-11(14(17)18)9(2)16-13/h3-7H,1-2H3,(H,17,18). The molecule has 0 atom stereocenters. The molecule has 0 bridgehead atoms. The van der Waals surface area contributed by atoms with Gasteiger partial charge in [0.15, 0.2) is 0 Å². The highest BCUT2D eigenvalue weighted by Gasteiger charge is 2.10. The lowest BCUT2D eigenvalue weighted by molar-refractivity contribution is 0.0695. The van der Waals surface area contributed by atoms with Gasteiger partial charge in [-0.15, -0.1) is 0 Å². The number of hydrogen-bond acceptors (Lipinski definition) is 3. The molecule has 0 saturated carbocycles. The van der Waals surface area contributed by atoms with E-state index >= 15 is 0 Å². The summed E-state index contributed by atoms with van der Waals surface area (Å²) in [5, 5.41) is 9.56. The summed E-state index contributed by atoms with van der Waals surface area (Å²) in [7, 11) is 0. The van der Waals surface area contributed by atoms with Crippen LogP contribution in [0.15, 0.2) is 30.3 Å². The van der Waals surface area contributed by atoms with Crippen LogP contribution in [-0.4, -0.2) is 16.1 Å². The Morgan fingerprint density at radius 1 is 1.26 bits per heavy atom. The number of pyridine rings is 1. The van der Waals surface area contributed by atoms with Gasteiger partial charge in [0.1, 0.15) is 5.75 Å². The quantitative estimate of drug-likeness (QED) is 0.926. The van der Waals surface area contributed by atoms with Crippen LogP contribution in [0.4, 0.5) is 0 Å². The normalized spacial score (nSPS) is 10.3. The zero-order valence-corrected chi connectivity index (χ0v) is 11.2. The summed E-state index contributed by atoms with van der Waals surface area (Å²) < 4.78 is 5.62. The molecule has 0 aliphatic heterocycles. The van der Waals surface area contributed by atoms with Crippen LogP contribution in [0.25, 0.3) is 0 Å². The summed E-state index contributed by atoms with van der Waals surface area (Å²) in [6.07, 6.45) is 0. The van der Waals surface area contributed by atoms with E-state index in [4.69, 9.17) is 21.4 Å². The third-order valence-electron chi connectivity index (χ3n) is 2.64. The molecular formula is C14H12ClNO3. The first-order chi connectivity index (χ1) is 8.97. The first-order valence-corrected chi connectivity index (χ1v) is 6.00. The minimum Gasteiger partial charge on any atom is -0.478 e. The SMILES string of the molecule is Cc1cc(Cl)ccc1Oc1ccc(C(=O)O)c(C)n1. The van der Waals surface area contributed by atoms with Crippen LogP contribution < -0.4 is 4.74 Å². The molecule has 4 nitrogen and oxygen atoms in total. The van der Waals surface area contributed by atoms with E-state index in [1.54, 1.807) is 25.1 Å². The van der Waals surface area contributed by atoms with E-state index in [0.717, 1.165) is 5.56 Å². The van der Waals surface area contributed by atoms with Gasteiger partial charge in [-0.05, 0) is 43.7 Å². The molecule has 0 saturated heterocycles. The maximum atomic E-state index is 10.9. The van der Waals surface area contributed by atoms with Gasteiger partial charge in [0, 0.05) is 11.1 Å². The lowest BCUT2D eigenvalue weighted by atomic mass is 10.2. The summed E-state index contributed by atoms with van der Waals surface area (Å²) in [5.74, 6) is -0.00785. The molecule has 5 heteroatoms. The maximum Gasteiger partial charge on any atom is 0.337 e. The number of aromatic carboxylic acids is 1. The van der Waals surface area contributed by atoms with E-state index < -0.39 is 5.97 Å². The van der Waals surface area contributed by atoms with Crippen molar-refractivity contribution in [1.82, 2.24) is 4.98 Å². The van der Waals surface area contributed by atoms with Gasteiger partial charge in [0.2, 0.25) is 5.88 Å². The third kappa shape index (κ3) is 3.03. The predicted octanol–water partition coefficient (Wildman–Crippen LogP) is 3.84. The molecule has 2 rings (SSSR count). The van der Waals surface area contributed by atoms with Crippen molar-refractivity contribution in [3.63, 3.8) is 0 Å². The molecule has 1 N–H and O–H groups in total. The second kappa shape index (κ2) is 5.28. The molecule has 0 spiro atoms. The van der Waals surface area contributed by atoms with Crippen molar-refractivity contribution in [3.05, 3.63) is 52.2 Å². The van der Waals surface area contributed by atoms with Gasteiger partial charge in [-0.25, -0.2) is 9.78 Å². The number of halogens is 1. The first-order valence-electron chi connectivity index (χ1n) is 5.62. The number of benzene rings is 1. The Hall–Kier alpha value is -2.07. The Morgan fingerprint density at radius 2 is 2.00 bits per heavy atom. The number of carboxylic acids is 1. The van der Waals surface area contributed by atoms with Crippen LogP contribution in [0.2, 0.25) is 5.02 Å². The number of rotatable bonds is 3. The Balaban J connectivity index is 2.29. The fourth-order valence-electron chi connectivity index (χ4n) is 1.66. The lowest BCUT2D eigenvalue weighted by Crippen LogP contribution is -2.02. The Labute approximate surface area is 115 Å². The Kier molecular flexibility index (Phi) is 3.71. The second-order valence-electron chi connectivity index (χ2n) is 4.10. The summed E-state index contributed by atoms with van der Waals surface area (Å²) >= 11 is 5.86. The summed E-state index contributed by atoms with van der Waals surface area (Å²) in [6, 6.07) is 8.27. The van der Waals surface area contributed by atoms with E-state index in [9.17, 15) is 4.79 Å². The van der Waals surface area contributed by atoms with Gasteiger partial charge in [-0.2, -0.15) is 0 Å². The molecule has 0 aliphatic rings. The maximum absolute atomic E-state index is 10.9. The number of carbonyl (C=O) groups is 1. The van der Waals surface area contributed by atoms with Crippen LogP contribution in [0, 0.1) is 13.8 Å². The number of carboxylic acid groups (broad SMARTS) is 1. The molecule has 1 aromatic heterocycles. The molecule has 0 aliphatic carbocycles. The molecule has 0 unspecified atom stereocenters. The van der Waals surface area contributed by atoms with Gasteiger partial charge in [0.25, 0.3) is 0 Å². The van der Waals surface area contributed by atoms with Crippen LogP contribution in [0.3, 0.4) is 0 Å². The van der Waals surface area contributed by atoms with Crippen LogP contribution >= 0.6 is 11.6 Å². The molecule has 1 heterocycles. The summed E-state index contributed by atoms with van der Waals surface area (Å²) in [5.41, 5.74) is 1.46. The molecule has 98 valence electrons. The van der Waals surface area contributed by atoms with Crippen LogP contribution in [0.1, 0.15) is 21.6 Å². The molecule has 0 radical (unpaired) electrons. The summed E-state index contributed by atoms with van der Waals surface area (Å²) in [4.78, 5) is 15.0. The van der Waals surface area contributed by atoms with Gasteiger partial charge < -0.3 is 9.84 Å². The zero-order valence-electron chi connectivity index (χ0n) is 10.5. The Morgan fingerprint density at radius 3 is 2.58 bits per heavy atom. The highest BCUT2D eigenvalue weighted by atomic mass is 35.5. The van der Waals surface area contributed by atoms with Gasteiger partial charge in [0.05, 0.1) is 11.3 Å². The molecule has 2 aromatic rings. The van der Waals surface area contributed by atoms with Gasteiger partial charge in [-0.1, -0.05) is 11.6 Å². The van der Waals surface area contributed by atoms with Crippen molar-refractivity contribution in [3.8, 4) is 11.6 Å². The topological polar surface area (TPSA) is 59.4 Å². The number of aromatic nitrogens is 1. The van der Waals surface area contributed by atoms with E-state index in [1.807, 2.05) is 6.92 Å². The fourth-order valence-corrected chi connectivity index (χ4v) is 1.89. The lowest BCUT2D eigenvalue weighted by Gasteiger charge is -2.09. The number of hydrogen-bond donors (Lipinski definition) is 1. The molecular weight excluding hydrogens is 266 g/mol. The highest BCUT2D eigenvalue weighted by Crippen LogP contribution is 2.26. The van der Waals surface area contributed by atoms with Crippen molar-refractivity contribution in [2.75, 3.05) is 0 Å². The van der Waals surface area contributed by atoms with E-state index in [-0.39, 0.29) is 5.56 Å². The molecule has 0 fully saturated rings. The third-order valence-corrected chi connectivity index (χ3v) is 2.88. The van der Waals surface area contributed by atoms with Crippen molar-refractivity contribution in [2.45, 2.75) is 13.8 Å². The van der Waals surface area contributed by atoms with Crippen molar-refractivity contribution >= 4 is 17.6 Å². The highest BCUT2D eigenvalue weighted by molar-refractivity contribution is 6.30. The van der Waals surface area contributed by atoms with Crippen LogP contribution in [0.5, 0.6) is 11.6 Å². The van der Waals surface area contributed by atoms with Gasteiger partial charge in [-0.3, -0.25) is 0 Å². The number of ether oxygens (including phenoxy) is 1. The average Bonchev–Trinajstić information content (AvgIpc) is 2.32. The van der Waals surface area contributed by atoms with Crippen molar-refractivity contribution < 1.29 is 14.6 Å². The minimum absolute atomic E-state index is 0.167.